The topological polar surface area (TPSA) is 384 Å². The van der Waals surface area contributed by atoms with Gasteiger partial charge in [0.05, 0.1) is 25.6 Å². The molecule has 1 fully saturated rings. The Bertz CT molecular complexity index is 2000. The number of amides is 2. The molecule has 2 aromatic heterocycles. The molecule has 0 aliphatic carbocycles. The first kappa shape index (κ1) is 57.8. The third kappa shape index (κ3) is 20.6. The maximum absolute atomic E-state index is 12.7. The summed E-state index contributed by atoms with van der Waals surface area (Å²) < 4.78 is 62.4. The van der Waals surface area contributed by atoms with Gasteiger partial charge >= 0.3 is 23.5 Å². The molecule has 3 heterocycles. The van der Waals surface area contributed by atoms with Crippen molar-refractivity contribution in [1.29, 1.82) is 0 Å². The average Bonchev–Trinajstić information content (AvgIpc) is 3.79. The van der Waals surface area contributed by atoms with E-state index in [-0.39, 0.29) is 53.8 Å². The standard InChI is InChI=1S/C37H66N7O18P3S/c1-4-5-6-7-8-9-10-11-12-13-14-15-25(45)20-28(47)66-19-18-39-27(46)16-17-40-35(50)32(49)37(2,3)22-59-65(56,57)62-64(54,55)58-21-26-31(61-63(51,52)53)30(48)36(60-26)44-24-43-29-33(38)41-23-42-34(29)44/h23-26,30-32,36,45,48-49H,4-22H2,1-3H3,(H,39,46)(H,40,50)(H,54,55)(H,56,57)(H2,38,41,42)(H2,51,52,53). The number of thioether (sulfide) groups is 1. The number of phosphoric acid groups is 3. The van der Waals surface area contributed by atoms with Gasteiger partial charge in [0, 0.05) is 37.1 Å². The first-order chi connectivity index (χ1) is 30.9. The number of hydrogen-bond donors (Lipinski definition) is 10. The van der Waals surface area contributed by atoms with E-state index in [4.69, 9.17) is 19.5 Å². The molecule has 1 aliphatic rings. The normalized spacial score (nSPS) is 20.7. The van der Waals surface area contributed by atoms with Crippen LogP contribution in [0, 0.1) is 5.41 Å². The van der Waals surface area contributed by atoms with Gasteiger partial charge in [-0.15, -0.1) is 0 Å². The van der Waals surface area contributed by atoms with Gasteiger partial charge in [-0.1, -0.05) is 103 Å². The maximum Gasteiger partial charge on any atom is 0.481 e. The quantitative estimate of drug-likeness (QED) is 0.0362. The summed E-state index contributed by atoms with van der Waals surface area (Å²) in [6.07, 6.45) is 6.04. The van der Waals surface area contributed by atoms with Crippen LogP contribution < -0.4 is 16.4 Å². The summed E-state index contributed by atoms with van der Waals surface area (Å²) in [5.74, 6) is -1.22. The number of ether oxygens (including phenoxy) is 1. The van der Waals surface area contributed by atoms with Gasteiger partial charge in [0.15, 0.2) is 22.8 Å². The first-order valence-corrected chi connectivity index (χ1v) is 27.2. The minimum absolute atomic E-state index is 0.0260. The van der Waals surface area contributed by atoms with Gasteiger partial charge < -0.3 is 56.0 Å². The number of aromatic nitrogens is 4. The molecule has 3 rings (SSSR count). The molecule has 1 aliphatic heterocycles. The summed E-state index contributed by atoms with van der Waals surface area (Å²) in [5.41, 5.74) is 4.25. The fourth-order valence-corrected chi connectivity index (χ4v) is 10.3. The van der Waals surface area contributed by atoms with E-state index in [9.17, 15) is 63.0 Å². The highest BCUT2D eigenvalue weighted by Crippen LogP contribution is 2.61. The summed E-state index contributed by atoms with van der Waals surface area (Å²) in [6, 6.07) is 0. The van der Waals surface area contributed by atoms with Crippen molar-refractivity contribution < 1.29 is 85.6 Å². The lowest BCUT2D eigenvalue weighted by atomic mass is 9.87. The molecule has 0 bridgehead atoms. The number of phosphoric ester groups is 3. The van der Waals surface area contributed by atoms with E-state index in [1.165, 1.54) is 65.2 Å². The summed E-state index contributed by atoms with van der Waals surface area (Å²) in [5, 5.41) is 36.6. The molecular weight excluding hydrogens is 955 g/mol. The Morgan fingerprint density at radius 1 is 0.909 bits per heavy atom. The number of imidazole rings is 1. The van der Waals surface area contributed by atoms with E-state index in [2.05, 4.69) is 41.3 Å². The molecule has 8 atom stereocenters. The Labute approximate surface area is 387 Å². The van der Waals surface area contributed by atoms with Crippen LogP contribution in [-0.2, 0) is 50.7 Å². The number of carbonyl (C=O) groups is 3. The molecule has 66 heavy (non-hydrogen) atoms. The van der Waals surface area contributed by atoms with Crippen molar-refractivity contribution in [3.8, 4) is 0 Å². The number of nitrogens with zero attached hydrogens (tertiary/aromatic N) is 4. The number of nitrogen functional groups attached to an aromatic ring is 1. The third-order valence-electron chi connectivity index (χ3n) is 10.3. The van der Waals surface area contributed by atoms with Crippen LogP contribution in [0.4, 0.5) is 5.82 Å². The molecule has 0 saturated carbocycles. The van der Waals surface area contributed by atoms with E-state index in [0.717, 1.165) is 48.2 Å². The summed E-state index contributed by atoms with van der Waals surface area (Å²) in [6.45, 7) is 2.61. The van der Waals surface area contributed by atoms with E-state index in [0.29, 0.717) is 6.42 Å². The molecule has 8 unspecified atom stereocenters. The number of hydrogen-bond acceptors (Lipinski definition) is 19. The average molecular weight is 1020 g/mol. The van der Waals surface area contributed by atoms with Gasteiger partial charge in [0.1, 0.15) is 36.3 Å². The van der Waals surface area contributed by atoms with Crippen molar-refractivity contribution >= 4 is 69.1 Å². The Morgan fingerprint density at radius 2 is 1.53 bits per heavy atom. The highest BCUT2D eigenvalue weighted by atomic mass is 32.2. The van der Waals surface area contributed by atoms with Gasteiger partial charge in [-0.25, -0.2) is 28.6 Å². The van der Waals surface area contributed by atoms with Gasteiger partial charge in [0.2, 0.25) is 11.8 Å². The zero-order valence-corrected chi connectivity index (χ0v) is 40.8. The van der Waals surface area contributed by atoms with Crippen molar-refractivity contribution in [1.82, 2.24) is 30.2 Å². The van der Waals surface area contributed by atoms with Crippen LogP contribution in [0.2, 0.25) is 0 Å². The van der Waals surface area contributed by atoms with Crippen LogP contribution in [0.25, 0.3) is 11.2 Å². The van der Waals surface area contributed by atoms with Gasteiger partial charge in [0.25, 0.3) is 0 Å². The van der Waals surface area contributed by atoms with Crippen LogP contribution in [0.5, 0.6) is 0 Å². The van der Waals surface area contributed by atoms with E-state index < -0.39 is 90.7 Å². The summed E-state index contributed by atoms with van der Waals surface area (Å²) >= 11 is 0.998. The summed E-state index contributed by atoms with van der Waals surface area (Å²) in [4.78, 5) is 88.3. The minimum Gasteiger partial charge on any atom is -0.393 e. The van der Waals surface area contributed by atoms with Crippen LogP contribution in [0.1, 0.15) is 117 Å². The van der Waals surface area contributed by atoms with Crippen molar-refractivity contribution in [2.24, 2.45) is 5.41 Å². The maximum atomic E-state index is 12.7. The Hall–Kier alpha value is -2.48. The second-order valence-electron chi connectivity index (χ2n) is 16.5. The molecule has 0 aromatic carbocycles. The number of fused-ring (bicyclic) bond motifs is 1. The lowest BCUT2D eigenvalue weighted by molar-refractivity contribution is -0.137. The van der Waals surface area contributed by atoms with Crippen molar-refractivity contribution in [3.05, 3.63) is 12.7 Å². The second-order valence-corrected chi connectivity index (χ2v) is 21.9. The number of aliphatic hydroxyl groups excluding tert-OH is 3. The SMILES string of the molecule is CCCCCCCCCCCCCC(O)CC(=O)SCCNC(=O)CCNC(=O)C(O)C(C)(C)COP(=O)(O)OP(=O)(O)OCC1OC(n2cnc3c(N)ncnc32)C(O)C1OP(=O)(O)O. The fourth-order valence-electron chi connectivity index (χ4n) is 6.69. The molecule has 378 valence electrons. The molecule has 25 nitrogen and oxygen atoms in total. The van der Waals surface area contributed by atoms with Crippen LogP contribution in [0.3, 0.4) is 0 Å². The minimum atomic E-state index is -5.58. The number of nitrogens with one attached hydrogen (secondary N) is 2. The van der Waals surface area contributed by atoms with E-state index in [1.54, 1.807) is 0 Å². The van der Waals surface area contributed by atoms with Crippen LogP contribution >= 0.6 is 35.2 Å². The molecule has 11 N–H and O–H groups in total. The van der Waals surface area contributed by atoms with Gasteiger partial charge in [-0.05, 0) is 6.42 Å². The lowest BCUT2D eigenvalue weighted by Crippen LogP contribution is -2.46. The zero-order chi connectivity index (χ0) is 49.1. The van der Waals surface area contributed by atoms with E-state index >= 15 is 0 Å². The number of nitrogens with two attached hydrogens (primary N) is 1. The fraction of sp³-hybridized carbons (Fsp3) is 0.784. The molecule has 0 spiro atoms. The highest BCUT2D eigenvalue weighted by molar-refractivity contribution is 8.13. The van der Waals surface area contributed by atoms with E-state index in [1.807, 2.05) is 0 Å². The largest absolute Gasteiger partial charge is 0.481 e. The van der Waals surface area contributed by atoms with Gasteiger partial charge in [-0.3, -0.25) is 32.5 Å². The smallest absolute Gasteiger partial charge is 0.393 e. The van der Waals surface area contributed by atoms with Crippen LogP contribution in [-0.4, -0.2) is 134 Å². The monoisotopic (exact) mass is 1020 g/mol. The number of unbranched alkanes of at least 4 members (excludes halogenated alkanes) is 10. The number of carbonyl (C=O) groups excluding carboxylic acids is 3. The first-order valence-electron chi connectivity index (χ1n) is 21.7. The molecule has 2 amide bonds. The molecule has 0 radical (unpaired) electrons. The van der Waals surface area contributed by atoms with Crippen molar-refractivity contribution in [3.63, 3.8) is 0 Å². The van der Waals surface area contributed by atoms with Crippen molar-refractivity contribution in [2.45, 2.75) is 147 Å². The highest BCUT2D eigenvalue weighted by Gasteiger charge is 2.50. The van der Waals surface area contributed by atoms with Crippen LogP contribution in [0.15, 0.2) is 12.7 Å². The third-order valence-corrected chi connectivity index (χ3v) is 14.3. The molecule has 2 aromatic rings. The second kappa shape index (κ2) is 27.6. The molecule has 29 heteroatoms. The predicted octanol–water partition coefficient (Wildman–Crippen LogP) is 3.12. The number of rotatable bonds is 33. The van der Waals surface area contributed by atoms with Crippen molar-refractivity contribution in [2.75, 3.05) is 37.8 Å². The van der Waals surface area contributed by atoms with Gasteiger partial charge in [-0.2, -0.15) is 4.31 Å². The Morgan fingerprint density at radius 3 is 2.17 bits per heavy atom. The molecular formula is C37H66N7O18P3S. The zero-order valence-electron chi connectivity index (χ0n) is 37.3. The molecule has 1 saturated heterocycles. The number of anilines is 1. The predicted molar refractivity (Wildman–Crippen MR) is 239 cm³/mol. The number of aliphatic hydroxyl groups is 3. The summed E-state index contributed by atoms with van der Waals surface area (Å²) in [7, 11) is -16.4. The Kier molecular flexibility index (Phi) is 24.2. The lowest BCUT2D eigenvalue weighted by Gasteiger charge is -2.30. The Balaban J connectivity index is 1.33.